The highest BCUT2D eigenvalue weighted by molar-refractivity contribution is 6.30. The lowest BCUT2D eigenvalue weighted by molar-refractivity contribution is 0.577. The van der Waals surface area contributed by atoms with Crippen molar-refractivity contribution in [3.8, 4) is 0 Å². The summed E-state index contributed by atoms with van der Waals surface area (Å²) in [5, 5.41) is 5.09. The normalized spacial score (nSPS) is 12.8. The van der Waals surface area contributed by atoms with Crippen LogP contribution < -0.4 is 0 Å². The Kier molecular flexibility index (Phi) is 3.08. The van der Waals surface area contributed by atoms with Crippen LogP contribution in [0.4, 0.5) is 0 Å². The van der Waals surface area contributed by atoms with Gasteiger partial charge in [0, 0.05) is 11.8 Å². The van der Waals surface area contributed by atoms with E-state index in [9.17, 15) is 0 Å². The zero-order valence-electron chi connectivity index (χ0n) is 9.96. The number of halogens is 2. The Labute approximate surface area is 119 Å². The van der Waals surface area contributed by atoms with Gasteiger partial charge in [-0.2, -0.15) is 5.10 Å². The fraction of sp³-hybridized carbons (Fsp3) is 0.167. The average molecular weight is 294 g/mol. The first-order valence-electron chi connectivity index (χ1n) is 5.63. The van der Waals surface area contributed by atoms with E-state index in [1.807, 2.05) is 19.1 Å². The molecule has 0 aliphatic rings. The largest absolute Gasteiger partial charge is 0.248 e. The first-order chi connectivity index (χ1) is 9.16. The summed E-state index contributed by atoms with van der Waals surface area (Å²) in [7, 11) is 0. The molecule has 3 aromatic rings. The Bertz CT molecular complexity index is 740. The van der Waals surface area contributed by atoms with Crippen molar-refractivity contribution in [3.05, 3.63) is 46.6 Å². The Hall–Kier alpha value is -1.72. The molecule has 0 amide bonds. The van der Waals surface area contributed by atoms with Gasteiger partial charge in [-0.3, -0.25) is 0 Å². The van der Waals surface area contributed by atoms with E-state index >= 15 is 0 Å². The van der Waals surface area contributed by atoms with Gasteiger partial charge >= 0.3 is 0 Å². The monoisotopic (exact) mass is 293 g/mol. The van der Waals surface area contributed by atoms with Crippen molar-refractivity contribution < 1.29 is 0 Å². The van der Waals surface area contributed by atoms with E-state index in [2.05, 4.69) is 20.1 Å². The predicted molar refractivity (Wildman–Crippen MR) is 73.4 cm³/mol. The number of fused-ring (bicyclic) bond motifs is 1. The molecule has 0 saturated carbocycles. The van der Waals surface area contributed by atoms with Gasteiger partial charge in [0.2, 0.25) is 0 Å². The van der Waals surface area contributed by atoms with Crippen molar-refractivity contribution in [2.45, 2.75) is 13.0 Å². The van der Waals surface area contributed by atoms with E-state index in [1.165, 1.54) is 6.20 Å². The summed E-state index contributed by atoms with van der Waals surface area (Å²) < 4.78 is 1.73. The van der Waals surface area contributed by atoms with Crippen LogP contribution in [0.3, 0.4) is 0 Å². The van der Waals surface area contributed by atoms with Crippen molar-refractivity contribution in [1.29, 1.82) is 0 Å². The summed E-state index contributed by atoms with van der Waals surface area (Å²) in [6, 6.07) is 3.64. The molecule has 0 spiro atoms. The van der Waals surface area contributed by atoms with Crippen molar-refractivity contribution in [3.63, 3.8) is 0 Å². The van der Waals surface area contributed by atoms with E-state index < -0.39 is 0 Å². The van der Waals surface area contributed by atoms with Crippen LogP contribution in [0.5, 0.6) is 0 Å². The van der Waals surface area contributed by atoms with Gasteiger partial charge in [-0.1, -0.05) is 29.3 Å². The summed E-state index contributed by atoms with van der Waals surface area (Å²) in [6.45, 7) is 1.97. The SMILES string of the molecule is CC(c1cccnc1Cl)n1ncc2ncc(Cl)nc21. The van der Waals surface area contributed by atoms with Crippen LogP contribution in [0.1, 0.15) is 18.5 Å². The summed E-state index contributed by atoms with van der Waals surface area (Å²) in [5.41, 5.74) is 2.19. The average Bonchev–Trinajstić information content (AvgIpc) is 2.81. The molecule has 5 nitrogen and oxygen atoms in total. The highest BCUT2D eigenvalue weighted by atomic mass is 35.5. The number of aromatic nitrogens is 5. The molecule has 19 heavy (non-hydrogen) atoms. The molecule has 3 aromatic heterocycles. The first-order valence-corrected chi connectivity index (χ1v) is 6.38. The molecule has 1 atom stereocenters. The van der Waals surface area contributed by atoms with Crippen LogP contribution in [-0.2, 0) is 0 Å². The van der Waals surface area contributed by atoms with Crippen LogP contribution in [0.25, 0.3) is 11.2 Å². The molecular formula is C12H9Cl2N5. The number of rotatable bonds is 2. The minimum atomic E-state index is -0.105. The van der Waals surface area contributed by atoms with E-state index in [0.29, 0.717) is 21.5 Å². The molecule has 0 fully saturated rings. The van der Waals surface area contributed by atoms with Gasteiger partial charge in [-0.15, -0.1) is 0 Å². The van der Waals surface area contributed by atoms with Crippen LogP contribution in [0, 0.1) is 0 Å². The standard InChI is InChI=1S/C12H9Cl2N5/c1-7(8-3-2-4-15-11(8)14)19-12-9(5-17-19)16-6-10(13)18-12/h2-7H,1H3. The lowest BCUT2D eigenvalue weighted by Crippen LogP contribution is -2.10. The molecule has 0 aromatic carbocycles. The Morgan fingerprint density at radius 2 is 2.05 bits per heavy atom. The molecule has 0 N–H and O–H groups in total. The fourth-order valence-corrected chi connectivity index (χ4v) is 2.33. The molecule has 0 saturated heterocycles. The van der Waals surface area contributed by atoms with Gasteiger partial charge in [0.1, 0.15) is 15.8 Å². The lowest BCUT2D eigenvalue weighted by Gasteiger charge is -2.14. The van der Waals surface area contributed by atoms with Gasteiger partial charge in [-0.05, 0) is 13.0 Å². The Balaban J connectivity index is 2.14. The Morgan fingerprint density at radius 1 is 1.21 bits per heavy atom. The fourth-order valence-electron chi connectivity index (χ4n) is 1.92. The lowest BCUT2D eigenvalue weighted by atomic mass is 10.1. The van der Waals surface area contributed by atoms with Gasteiger partial charge < -0.3 is 0 Å². The van der Waals surface area contributed by atoms with Crippen LogP contribution in [0.2, 0.25) is 10.3 Å². The van der Waals surface area contributed by atoms with Crippen LogP contribution >= 0.6 is 23.2 Å². The molecule has 3 heterocycles. The van der Waals surface area contributed by atoms with Gasteiger partial charge in [0.25, 0.3) is 0 Å². The smallest absolute Gasteiger partial charge is 0.178 e. The molecular weight excluding hydrogens is 285 g/mol. The third-order valence-electron chi connectivity index (χ3n) is 2.88. The first kappa shape index (κ1) is 12.3. The maximum atomic E-state index is 6.10. The second kappa shape index (κ2) is 4.75. The Morgan fingerprint density at radius 3 is 2.84 bits per heavy atom. The van der Waals surface area contributed by atoms with Crippen LogP contribution in [0.15, 0.2) is 30.7 Å². The molecule has 7 heteroatoms. The zero-order valence-corrected chi connectivity index (χ0v) is 11.5. The molecule has 1 unspecified atom stereocenters. The molecule has 0 bridgehead atoms. The van der Waals surface area contributed by atoms with E-state index in [4.69, 9.17) is 23.2 Å². The highest BCUT2D eigenvalue weighted by Crippen LogP contribution is 2.25. The quantitative estimate of drug-likeness (QED) is 0.681. The number of hydrogen-bond donors (Lipinski definition) is 0. The maximum Gasteiger partial charge on any atom is 0.178 e. The summed E-state index contributed by atoms with van der Waals surface area (Å²) in [6.07, 6.45) is 4.80. The second-order valence-electron chi connectivity index (χ2n) is 4.05. The summed E-state index contributed by atoms with van der Waals surface area (Å²) in [4.78, 5) is 12.5. The molecule has 0 radical (unpaired) electrons. The maximum absolute atomic E-state index is 6.10. The predicted octanol–water partition coefficient (Wildman–Crippen LogP) is 3.14. The molecule has 96 valence electrons. The van der Waals surface area contributed by atoms with E-state index in [0.717, 1.165) is 5.56 Å². The molecule has 3 rings (SSSR count). The van der Waals surface area contributed by atoms with E-state index in [-0.39, 0.29) is 6.04 Å². The van der Waals surface area contributed by atoms with Crippen molar-refractivity contribution in [1.82, 2.24) is 24.7 Å². The number of nitrogens with zero attached hydrogens (tertiary/aromatic N) is 5. The minimum Gasteiger partial charge on any atom is -0.248 e. The third-order valence-corrected chi connectivity index (χ3v) is 3.38. The van der Waals surface area contributed by atoms with Crippen molar-refractivity contribution in [2.75, 3.05) is 0 Å². The van der Waals surface area contributed by atoms with E-state index in [1.54, 1.807) is 17.1 Å². The zero-order chi connectivity index (χ0) is 13.4. The van der Waals surface area contributed by atoms with Crippen molar-refractivity contribution in [2.24, 2.45) is 0 Å². The molecule has 0 aliphatic carbocycles. The topological polar surface area (TPSA) is 56.5 Å². The highest BCUT2D eigenvalue weighted by Gasteiger charge is 2.16. The molecule has 0 aliphatic heterocycles. The number of pyridine rings is 1. The van der Waals surface area contributed by atoms with Gasteiger partial charge in [-0.25, -0.2) is 19.6 Å². The number of hydrogen-bond acceptors (Lipinski definition) is 4. The second-order valence-corrected chi connectivity index (χ2v) is 4.80. The minimum absolute atomic E-state index is 0.105. The van der Waals surface area contributed by atoms with Crippen molar-refractivity contribution >= 4 is 34.4 Å². The van der Waals surface area contributed by atoms with Gasteiger partial charge in [0.15, 0.2) is 5.65 Å². The summed E-state index contributed by atoms with van der Waals surface area (Å²) >= 11 is 12.0. The van der Waals surface area contributed by atoms with Crippen LogP contribution in [-0.4, -0.2) is 24.7 Å². The van der Waals surface area contributed by atoms with Gasteiger partial charge in [0.05, 0.1) is 18.4 Å². The summed E-state index contributed by atoms with van der Waals surface area (Å²) in [5.74, 6) is 0. The third kappa shape index (κ3) is 2.15.